The molecule has 4 heterocycles. The number of rotatable bonds is 4. The normalized spacial score (nSPS) is 18.2. The highest BCUT2D eigenvalue weighted by molar-refractivity contribution is 6.05. The second-order valence-electron chi connectivity index (χ2n) is 12.2. The van der Waals surface area contributed by atoms with E-state index in [1.54, 1.807) is 29.1 Å². The van der Waals surface area contributed by atoms with Crippen LogP contribution in [0.25, 0.3) is 27.7 Å². The standard InChI is InChI=1S/C34H36F2N6O3/c1-7-26(44)40-17-21-12-14-39(6)32-28-24(15-22(29(32)36)27-23(35)9-8-10-25(27)43)42(31-19(4)11-13-37-30(31)18(2)3)34(45)38-33(28)41(21)16-20(40)5/h7-11,13,15,18,20-21,43H,1,12,14,16-17H2,2-6H3. The van der Waals surface area contributed by atoms with Crippen molar-refractivity contribution in [2.24, 2.45) is 0 Å². The molecule has 2 aliphatic heterocycles. The Morgan fingerprint density at radius 1 is 1.18 bits per heavy atom. The molecular weight excluding hydrogens is 578 g/mol. The van der Waals surface area contributed by atoms with Crippen LogP contribution in [0.3, 0.4) is 0 Å². The molecule has 45 heavy (non-hydrogen) atoms. The van der Waals surface area contributed by atoms with Crippen molar-refractivity contribution in [3.8, 4) is 22.6 Å². The zero-order chi connectivity index (χ0) is 32.3. The second-order valence-corrected chi connectivity index (χ2v) is 12.2. The minimum atomic E-state index is -0.797. The number of carbonyl (C=O) groups is 1. The Morgan fingerprint density at radius 2 is 1.93 bits per heavy atom. The van der Waals surface area contributed by atoms with Crippen LogP contribution in [-0.2, 0) is 4.79 Å². The first-order chi connectivity index (χ1) is 21.4. The number of fused-ring (bicyclic) bond motifs is 2. The van der Waals surface area contributed by atoms with Crippen molar-refractivity contribution in [3.05, 3.63) is 82.6 Å². The summed E-state index contributed by atoms with van der Waals surface area (Å²) in [4.78, 5) is 41.7. The fraction of sp³-hybridized carbons (Fsp3) is 0.353. The molecule has 234 valence electrons. The number of phenols is 1. The summed E-state index contributed by atoms with van der Waals surface area (Å²) in [5, 5.41) is 11.1. The van der Waals surface area contributed by atoms with Gasteiger partial charge in [-0.25, -0.2) is 13.6 Å². The Morgan fingerprint density at radius 3 is 2.62 bits per heavy atom. The van der Waals surface area contributed by atoms with Crippen LogP contribution >= 0.6 is 0 Å². The maximum absolute atomic E-state index is 16.9. The Hall–Kier alpha value is -4.80. The van der Waals surface area contributed by atoms with E-state index in [4.69, 9.17) is 0 Å². The number of nitrogens with zero attached hydrogens (tertiary/aromatic N) is 6. The van der Waals surface area contributed by atoms with Gasteiger partial charge in [0.15, 0.2) is 5.82 Å². The summed E-state index contributed by atoms with van der Waals surface area (Å²) < 4.78 is 33.7. The van der Waals surface area contributed by atoms with Crippen LogP contribution in [0, 0.1) is 18.6 Å². The van der Waals surface area contributed by atoms with E-state index in [1.165, 1.54) is 28.8 Å². The van der Waals surface area contributed by atoms with Gasteiger partial charge in [0.1, 0.15) is 17.4 Å². The molecule has 2 atom stereocenters. The Bertz CT molecular complexity index is 1900. The van der Waals surface area contributed by atoms with Crippen molar-refractivity contribution in [2.75, 3.05) is 36.5 Å². The quantitative estimate of drug-likeness (QED) is 0.312. The van der Waals surface area contributed by atoms with E-state index >= 15 is 8.78 Å². The van der Waals surface area contributed by atoms with Crippen molar-refractivity contribution in [1.29, 1.82) is 0 Å². The topological polar surface area (TPSA) is 94.8 Å². The molecule has 0 saturated carbocycles. The van der Waals surface area contributed by atoms with Gasteiger partial charge in [-0.15, -0.1) is 0 Å². The summed E-state index contributed by atoms with van der Waals surface area (Å²) in [5.41, 5.74) is 1.31. The third-order valence-corrected chi connectivity index (χ3v) is 9.01. The molecule has 9 nitrogen and oxygen atoms in total. The number of carbonyl (C=O) groups excluding carboxylic acids is 1. The van der Waals surface area contributed by atoms with Crippen molar-refractivity contribution in [3.63, 3.8) is 0 Å². The number of aromatic nitrogens is 3. The predicted octanol–water partition coefficient (Wildman–Crippen LogP) is 5.29. The van der Waals surface area contributed by atoms with Crippen LogP contribution in [0.1, 0.15) is 44.4 Å². The lowest BCUT2D eigenvalue weighted by Crippen LogP contribution is -2.60. The first kappa shape index (κ1) is 30.2. The number of aryl methyl sites for hydroxylation is 1. The number of hydrogen-bond acceptors (Lipinski definition) is 7. The molecule has 0 spiro atoms. The van der Waals surface area contributed by atoms with Gasteiger partial charge in [0.2, 0.25) is 5.91 Å². The van der Waals surface area contributed by atoms with Gasteiger partial charge in [-0.05, 0) is 62.1 Å². The molecule has 2 aromatic heterocycles. The van der Waals surface area contributed by atoms with Crippen molar-refractivity contribution in [1.82, 2.24) is 19.4 Å². The molecule has 4 aromatic rings. The Labute approximate surface area is 260 Å². The second kappa shape index (κ2) is 11.3. The molecule has 1 saturated heterocycles. The van der Waals surface area contributed by atoms with Gasteiger partial charge in [-0.3, -0.25) is 14.3 Å². The number of aromatic hydroxyl groups is 1. The number of amides is 1. The minimum Gasteiger partial charge on any atom is -0.507 e. The van der Waals surface area contributed by atoms with E-state index in [2.05, 4.69) is 16.5 Å². The molecule has 11 heteroatoms. The third-order valence-electron chi connectivity index (χ3n) is 9.01. The summed E-state index contributed by atoms with van der Waals surface area (Å²) in [6.07, 6.45) is 3.51. The van der Waals surface area contributed by atoms with Crippen molar-refractivity contribution in [2.45, 2.75) is 52.1 Å². The molecule has 2 unspecified atom stereocenters. The van der Waals surface area contributed by atoms with E-state index in [9.17, 15) is 14.7 Å². The molecule has 1 N–H and O–H groups in total. The third kappa shape index (κ3) is 4.81. The monoisotopic (exact) mass is 614 g/mol. The molecule has 6 rings (SSSR count). The van der Waals surface area contributed by atoms with Crippen molar-refractivity contribution < 1.29 is 18.7 Å². The van der Waals surface area contributed by atoms with Gasteiger partial charge in [0.25, 0.3) is 0 Å². The van der Waals surface area contributed by atoms with Gasteiger partial charge < -0.3 is 19.8 Å². The van der Waals surface area contributed by atoms with Crippen LogP contribution in [0.2, 0.25) is 0 Å². The zero-order valence-electron chi connectivity index (χ0n) is 26.0. The highest BCUT2D eigenvalue weighted by Crippen LogP contribution is 2.45. The minimum absolute atomic E-state index is 0.0706. The number of halogens is 2. The smallest absolute Gasteiger partial charge is 0.354 e. The van der Waals surface area contributed by atoms with Crippen molar-refractivity contribution >= 4 is 28.3 Å². The van der Waals surface area contributed by atoms with Gasteiger partial charge in [0, 0.05) is 50.5 Å². The van der Waals surface area contributed by atoms with Gasteiger partial charge in [-0.2, -0.15) is 4.98 Å². The number of hydrogen-bond donors (Lipinski definition) is 1. The highest BCUT2D eigenvalue weighted by Gasteiger charge is 2.39. The SMILES string of the molecule is C=CC(=O)N1CC2CCN(C)c3c(F)c(-c4c(O)cccc4F)cc4c3c(nc(=O)n4-c3c(C)ccnc3C(C)C)N2CC1C. The lowest BCUT2D eigenvalue weighted by atomic mass is 9.96. The summed E-state index contributed by atoms with van der Waals surface area (Å²) in [6.45, 7) is 12.5. The number of pyridine rings is 1. The molecule has 2 aliphatic rings. The van der Waals surface area contributed by atoms with E-state index in [1.807, 2.05) is 32.6 Å². The predicted molar refractivity (Wildman–Crippen MR) is 171 cm³/mol. The molecule has 0 aliphatic carbocycles. The molecule has 0 radical (unpaired) electrons. The number of anilines is 2. The summed E-state index contributed by atoms with van der Waals surface area (Å²) in [5.74, 6) is -1.91. The van der Waals surface area contributed by atoms with Crippen LogP contribution in [-0.4, -0.2) is 69.2 Å². The zero-order valence-corrected chi connectivity index (χ0v) is 26.0. The first-order valence-electron chi connectivity index (χ1n) is 15.1. The molecule has 1 fully saturated rings. The van der Waals surface area contributed by atoms with Gasteiger partial charge in [-0.1, -0.05) is 26.5 Å². The maximum atomic E-state index is 16.9. The summed E-state index contributed by atoms with van der Waals surface area (Å²) in [7, 11) is 1.74. The average molecular weight is 615 g/mol. The molecule has 0 bridgehead atoms. The van der Waals surface area contributed by atoms with E-state index in [0.29, 0.717) is 54.2 Å². The summed E-state index contributed by atoms with van der Waals surface area (Å²) in [6, 6.07) is 6.59. The molecule has 1 amide bonds. The maximum Gasteiger partial charge on any atom is 0.354 e. The van der Waals surface area contributed by atoms with E-state index < -0.39 is 23.1 Å². The lowest BCUT2D eigenvalue weighted by molar-refractivity contribution is -0.128. The largest absolute Gasteiger partial charge is 0.507 e. The Kier molecular flexibility index (Phi) is 7.58. The summed E-state index contributed by atoms with van der Waals surface area (Å²) >= 11 is 0. The van der Waals surface area contributed by atoms with Crippen LogP contribution in [0.5, 0.6) is 5.75 Å². The van der Waals surface area contributed by atoms with E-state index in [0.717, 1.165) is 11.6 Å². The fourth-order valence-electron chi connectivity index (χ4n) is 6.78. The number of phenolic OH excluding ortho intramolecular Hbond substituents is 1. The number of benzene rings is 2. The van der Waals surface area contributed by atoms with Gasteiger partial charge >= 0.3 is 5.69 Å². The first-order valence-corrected chi connectivity index (χ1v) is 15.1. The van der Waals surface area contributed by atoms with Crippen LogP contribution in [0.4, 0.5) is 20.3 Å². The van der Waals surface area contributed by atoms with Gasteiger partial charge in [0.05, 0.1) is 33.5 Å². The van der Waals surface area contributed by atoms with Crippen LogP contribution in [0.15, 0.2) is 54.0 Å². The lowest BCUT2D eigenvalue weighted by Gasteiger charge is -2.47. The van der Waals surface area contributed by atoms with E-state index in [-0.39, 0.29) is 40.7 Å². The Balaban J connectivity index is 1.76. The number of piperazine rings is 1. The molecular formula is C34H36F2N6O3. The van der Waals surface area contributed by atoms with Crippen LogP contribution < -0.4 is 15.5 Å². The fourth-order valence-corrected chi connectivity index (χ4v) is 6.78. The average Bonchev–Trinajstić information content (AvgIpc) is 2.99. The molecule has 2 aromatic carbocycles. The highest BCUT2D eigenvalue weighted by atomic mass is 19.1.